The van der Waals surface area contributed by atoms with Gasteiger partial charge in [0.1, 0.15) is 5.82 Å². The molecule has 0 saturated carbocycles. The lowest BCUT2D eigenvalue weighted by Crippen LogP contribution is -2.51. The molecule has 0 unspecified atom stereocenters. The molecule has 2 aromatic carbocycles. The Labute approximate surface area is 186 Å². The van der Waals surface area contributed by atoms with Crippen LogP contribution in [0.4, 0.5) is 9.18 Å². The van der Waals surface area contributed by atoms with Crippen LogP contribution in [0.15, 0.2) is 54.6 Å². The fraction of sp³-hybridized carbons (Fsp3) is 0.304. The molecule has 4 rings (SSSR count). The molecule has 0 radical (unpaired) electrons. The maximum Gasteiger partial charge on any atom is 0.317 e. The van der Waals surface area contributed by atoms with Crippen molar-refractivity contribution < 1.29 is 9.18 Å². The van der Waals surface area contributed by atoms with Crippen molar-refractivity contribution in [3.8, 4) is 16.9 Å². The normalized spacial score (nSPS) is 14.6. The number of nitrogens with one attached hydrogen (secondary N) is 1. The van der Waals surface area contributed by atoms with Gasteiger partial charge in [0.2, 0.25) is 0 Å². The van der Waals surface area contributed by atoms with Crippen molar-refractivity contribution in [2.45, 2.75) is 13.5 Å². The molecule has 1 saturated heterocycles. The van der Waals surface area contributed by atoms with Gasteiger partial charge in [-0.2, -0.15) is 5.10 Å². The Balaban J connectivity index is 1.55. The number of benzene rings is 2. The highest BCUT2D eigenvalue weighted by Crippen LogP contribution is 2.26. The van der Waals surface area contributed by atoms with E-state index < -0.39 is 0 Å². The Morgan fingerprint density at radius 1 is 1.06 bits per heavy atom. The van der Waals surface area contributed by atoms with Gasteiger partial charge in [0.05, 0.1) is 17.1 Å². The summed E-state index contributed by atoms with van der Waals surface area (Å²) in [5.74, 6) is -0.283. The van der Waals surface area contributed by atoms with Crippen LogP contribution in [0.3, 0.4) is 0 Å². The summed E-state index contributed by atoms with van der Waals surface area (Å²) in [4.78, 5) is 16.2. The number of urea groups is 1. The summed E-state index contributed by atoms with van der Waals surface area (Å²) in [6.45, 7) is 6.19. The zero-order valence-corrected chi connectivity index (χ0v) is 18.1. The van der Waals surface area contributed by atoms with Crippen LogP contribution in [-0.2, 0) is 6.54 Å². The van der Waals surface area contributed by atoms with Gasteiger partial charge in [-0.3, -0.25) is 4.90 Å². The number of halogens is 2. The van der Waals surface area contributed by atoms with Gasteiger partial charge in [-0.15, -0.1) is 0 Å². The van der Waals surface area contributed by atoms with E-state index in [-0.39, 0.29) is 11.8 Å². The summed E-state index contributed by atoms with van der Waals surface area (Å²) in [5, 5.41) is 8.33. The minimum absolute atomic E-state index is 0.00670. The Bertz CT molecular complexity index is 964. The highest BCUT2D eigenvalue weighted by molar-refractivity contribution is 6.30. The van der Waals surface area contributed by atoms with E-state index in [0.29, 0.717) is 31.2 Å². The van der Waals surface area contributed by atoms with E-state index in [9.17, 15) is 9.18 Å². The van der Waals surface area contributed by atoms with Crippen LogP contribution in [0.1, 0.15) is 12.6 Å². The molecule has 1 fully saturated rings. The SMILES string of the molecule is CCNC(=O)N1CCN(Cc2cc(-c3ccc(Cl)cc3)n(-c3ccc(F)cc3)n2)CC1. The molecule has 0 atom stereocenters. The average Bonchev–Trinajstić information content (AvgIpc) is 3.19. The molecular weight excluding hydrogens is 417 g/mol. The molecule has 162 valence electrons. The largest absolute Gasteiger partial charge is 0.338 e. The van der Waals surface area contributed by atoms with E-state index in [1.807, 2.05) is 40.8 Å². The van der Waals surface area contributed by atoms with Crippen LogP contribution in [-0.4, -0.2) is 58.3 Å². The van der Waals surface area contributed by atoms with Crippen molar-refractivity contribution in [3.63, 3.8) is 0 Å². The molecule has 2 amide bonds. The van der Waals surface area contributed by atoms with Crippen LogP contribution in [0, 0.1) is 5.82 Å². The minimum Gasteiger partial charge on any atom is -0.338 e. The highest BCUT2D eigenvalue weighted by atomic mass is 35.5. The van der Waals surface area contributed by atoms with Gasteiger partial charge in [0.25, 0.3) is 0 Å². The molecule has 3 aromatic rings. The lowest BCUT2D eigenvalue weighted by Gasteiger charge is -2.34. The van der Waals surface area contributed by atoms with Crippen LogP contribution in [0.5, 0.6) is 0 Å². The molecule has 6 nitrogen and oxygen atoms in total. The van der Waals surface area contributed by atoms with Crippen molar-refractivity contribution in [2.75, 3.05) is 32.7 Å². The lowest BCUT2D eigenvalue weighted by molar-refractivity contribution is 0.134. The maximum absolute atomic E-state index is 13.4. The molecule has 1 aliphatic rings. The Morgan fingerprint density at radius 3 is 2.39 bits per heavy atom. The van der Waals surface area contributed by atoms with Gasteiger partial charge >= 0.3 is 6.03 Å². The van der Waals surface area contributed by atoms with E-state index in [4.69, 9.17) is 16.7 Å². The molecule has 1 aliphatic heterocycles. The minimum atomic E-state index is -0.283. The third-order valence-electron chi connectivity index (χ3n) is 5.34. The highest BCUT2D eigenvalue weighted by Gasteiger charge is 2.22. The third kappa shape index (κ3) is 5.06. The number of carbonyl (C=O) groups excluding carboxylic acids is 1. The second-order valence-electron chi connectivity index (χ2n) is 7.51. The second-order valence-corrected chi connectivity index (χ2v) is 7.95. The van der Waals surface area contributed by atoms with E-state index in [2.05, 4.69) is 16.3 Å². The molecule has 1 aromatic heterocycles. The first kappa shape index (κ1) is 21.3. The second kappa shape index (κ2) is 9.49. The number of rotatable bonds is 5. The quantitative estimate of drug-likeness (QED) is 0.646. The predicted octanol–water partition coefficient (Wildman–Crippen LogP) is 4.18. The average molecular weight is 442 g/mol. The number of amides is 2. The summed E-state index contributed by atoms with van der Waals surface area (Å²) in [7, 11) is 0. The number of nitrogens with zero attached hydrogens (tertiary/aromatic N) is 4. The summed E-state index contributed by atoms with van der Waals surface area (Å²) in [6.07, 6.45) is 0. The molecule has 2 heterocycles. The molecule has 0 spiro atoms. The first-order chi connectivity index (χ1) is 15.0. The zero-order valence-electron chi connectivity index (χ0n) is 17.4. The third-order valence-corrected chi connectivity index (χ3v) is 5.60. The first-order valence-electron chi connectivity index (χ1n) is 10.4. The van der Waals surface area contributed by atoms with Gasteiger partial charge in [-0.05, 0) is 49.4 Å². The Morgan fingerprint density at radius 2 is 1.74 bits per heavy atom. The van der Waals surface area contributed by atoms with Crippen LogP contribution in [0.2, 0.25) is 5.02 Å². The van der Waals surface area contributed by atoms with Gasteiger partial charge in [0, 0.05) is 49.9 Å². The van der Waals surface area contributed by atoms with E-state index in [1.54, 1.807) is 12.1 Å². The number of aromatic nitrogens is 2. The molecule has 1 N–H and O–H groups in total. The fourth-order valence-corrected chi connectivity index (χ4v) is 3.84. The summed E-state index contributed by atoms with van der Waals surface area (Å²) < 4.78 is 15.3. The van der Waals surface area contributed by atoms with Crippen molar-refractivity contribution in [1.29, 1.82) is 0 Å². The molecule has 31 heavy (non-hydrogen) atoms. The van der Waals surface area contributed by atoms with E-state index in [0.717, 1.165) is 35.7 Å². The monoisotopic (exact) mass is 441 g/mol. The van der Waals surface area contributed by atoms with E-state index >= 15 is 0 Å². The predicted molar refractivity (Wildman–Crippen MR) is 120 cm³/mol. The van der Waals surface area contributed by atoms with Gasteiger partial charge in [-0.1, -0.05) is 23.7 Å². The van der Waals surface area contributed by atoms with Gasteiger partial charge in [0.15, 0.2) is 0 Å². The maximum atomic E-state index is 13.4. The van der Waals surface area contributed by atoms with Crippen LogP contribution >= 0.6 is 11.6 Å². The number of hydrogen-bond donors (Lipinski definition) is 1. The van der Waals surface area contributed by atoms with Crippen molar-refractivity contribution in [3.05, 3.63) is 71.1 Å². The lowest BCUT2D eigenvalue weighted by atomic mass is 10.1. The van der Waals surface area contributed by atoms with Crippen molar-refractivity contribution in [2.24, 2.45) is 0 Å². The van der Waals surface area contributed by atoms with Crippen LogP contribution in [0.25, 0.3) is 16.9 Å². The Kier molecular flexibility index (Phi) is 6.53. The van der Waals surface area contributed by atoms with E-state index in [1.165, 1.54) is 12.1 Å². The fourth-order valence-electron chi connectivity index (χ4n) is 3.71. The summed E-state index contributed by atoms with van der Waals surface area (Å²) >= 11 is 6.06. The van der Waals surface area contributed by atoms with Gasteiger partial charge < -0.3 is 10.2 Å². The zero-order chi connectivity index (χ0) is 21.8. The van der Waals surface area contributed by atoms with Crippen molar-refractivity contribution >= 4 is 17.6 Å². The Hall–Kier alpha value is -2.90. The number of carbonyl (C=O) groups is 1. The summed E-state index contributed by atoms with van der Waals surface area (Å²) in [5.41, 5.74) is 3.60. The number of piperazine rings is 1. The molecule has 0 bridgehead atoms. The molecular formula is C23H25ClFN5O. The number of hydrogen-bond acceptors (Lipinski definition) is 3. The smallest absolute Gasteiger partial charge is 0.317 e. The summed E-state index contributed by atoms with van der Waals surface area (Å²) in [6, 6.07) is 16.0. The van der Waals surface area contributed by atoms with Crippen LogP contribution < -0.4 is 5.32 Å². The standard InChI is InChI=1S/C23H25ClFN5O/c1-2-26-23(31)29-13-11-28(12-14-29)16-20-15-22(17-3-5-18(24)6-4-17)30(27-20)21-9-7-19(25)8-10-21/h3-10,15H,2,11-14,16H2,1H3,(H,26,31). The first-order valence-corrected chi connectivity index (χ1v) is 10.8. The topological polar surface area (TPSA) is 53.4 Å². The van der Waals surface area contributed by atoms with Gasteiger partial charge in [-0.25, -0.2) is 13.9 Å². The molecule has 0 aliphatic carbocycles. The van der Waals surface area contributed by atoms with Crippen molar-refractivity contribution in [1.82, 2.24) is 24.9 Å². The molecule has 8 heteroatoms.